The average molecular weight is 409 g/mol. The topological polar surface area (TPSA) is 93.1 Å². The number of methoxy groups -OCH3 is 1. The number of Topliss-reactive ketones (excluding diaryl/α,β-unsaturated/α-hetero) is 1. The van der Waals surface area contributed by atoms with Gasteiger partial charge in [-0.25, -0.2) is 0 Å². The van der Waals surface area contributed by atoms with Crippen LogP contribution < -0.4 is 14.4 Å². The number of nitrogens with zero attached hydrogens (tertiary/aromatic N) is 1. The van der Waals surface area contributed by atoms with Gasteiger partial charge in [-0.1, -0.05) is 26.0 Å². The van der Waals surface area contributed by atoms with E-state index in [4.69, 9.17) is 9.47 Å². The van der Waals surface area contributed by atoms with Gasteiger partial charge in [-0.2, -0.15) is 0 Å². The van der Waals surface area contributed by atoms with Crippen molar-refractivity contribution in [2.75, 3.05) is 12.0 Å². The lowest BCUT2D eigenvalue weighted by Crippen LogP contribution is -2.31. The van der Waals surface area contributed by atoms with E-state index in [0.29, 0.717) is 17.0 Å². The number of aliphatic hydroxyl groups is 1. The molecule has 1 aliphatic heterocycles. The summed E-state index contributed by atoms with van der Waals surface area (Å²) in [5, 5.41) is 10.6. The van der Waals surface area contributed by atoms with Gasteiger partial charge in [0.05, 0.1) is 18.7 Å². The number of amides is 1. The van der Waals surface area contributed by atoms with E-state index in [1.165, 1.54) is 18.9 Å². The first-order chi connectivity index (χ1) is 14.2. The zero-order valence-corrected chi connectivity index (χ0v) is 17.2. The Balaban J connectivity index is 2.15. The number of hydrogen-bond acceptors (Lipinski definition) is 6. The standard InChI is InChI=1S/C23H23NO6/c1-13(2)21(26)19-20(15-6-5-7-18(12-15)30-14(3)25)24(23(28)22(19)27)16-8-10-17(29-4)11-9-16/h5-13,20,27H,1-4H3. The number of carbonyl (C=O) groups is 3. The van der Waals surface area contributed by atoms with Crippen LogP contribution in [-0.2, 0) is 14.4 Å². The highest BCUT2D eigenvalue weighted by molar-refractivity contribution is 6.16. The average Bonchev–Trinajstić information content (AvgIpc) is 2.98. The van der Waals surface area contributed by atoms with Crippen LogP contribution in [0.15, 0.2) is 59.9 Å². The highest BCUT2D eigenvalue weighted by atomic mass is 16.5. The first-order valence-corrected chi connectivity index (χ1v) is 9.48. The van der Waals surface area contributed by atoms with Crippen LogP contribution in [0.2, 0.25) is 0 Å². The van der Waals surface area contributed by atoms with Crippen molar-refractivity contribution in [3.05, 3.63) is 65.4 Å². The lowest BCUT2D eigenvalue weighted by Gasteiger charge is -2.27. The molecule has 7 heteroatoms. The third-order valence-corrected chi connectivity index (χ3v) is 4.78. The fourth-order valence-corrected chi connectivity index (χ4v) is 3.41. The number of benzene rings is 2. The van der Waals surface area contributed by atoms with Crippen LogP contribution in [0.1, 0.15) is 32.4 Å². The Bertz CT molecular complexity index is 1020. The molecular formula is C23H23NO6. The molecule has 1 unspecified atom stereocenters. The largest absolute Gasteiger partial charge is 0.503 e. The summed E-state index contributed by atoms with van der Waals surface area (Å²) in [5.41, 5.74) is 1.04. The molecule has 1 amide bonds. The minimum absolute atomic E-state index is 0.0193. The number of ether oxygens (including phenoxy) is 2. The van der Waals surface area contributed by atoms with Gasteiger partial charge in [0.2, 0.25) is 0 Å². The van der Waals surface area contributed by atoms with Gasteiger partial charge in [0, 0.05) is 18.5 Å². The summed E-state index contributed by atoms with van der Waals surface area (Å²) in [7, 11) is 1.53. The SMILES string of the molecule is COc1ccc(N2C(=O)C(O)=C(C(=O)C(C)C)C2c2cccc(OC(C)=O)c2)cc1. The number of anilines is 1. The molecule has 2 aromatic carbocycles. The lowest BCUT2D eigenvalue weighted by molar-refractivity contribution is -0.132. The summed E-state index contributed by atoms with van der Waals surface area (Å²) < 4.78 is 10.3. The molecular weight excluding hydrogens is 386 g/mol. The van der Waals surface area contributed by atoms with Crippen molar-refractivity contribution in [3.63, 3.8) is 0 Å². The predicted octanol–water partition coefficient (Wildman–Crippen LogP) is 3.75. The summed E-state index contributed by atoms with van der Waals surface area (Å²) >= 11 is 0. The van der Waals surface area contributed by atoms with Gasteiger partial charge in [-0.15, -0.1) is 0 Å². The Kier molecular flexibility index (Phi) is 5.91. The molecule has 1 atom stereocenters. The summed E-state index contributed by atoms with van der Waals surface area (Å²) in [6, 6.07) is 12.4. The van der Waals surface area contributed by atoms with Gasteiger partial charge in [-0.05, 0) is 42.0 Å². The number of carbonyl (C=O) groups excluding carboxylic acids is 3. The third-order valence-electron chi connectivity index (χ3n) is 4.78. The van der Waals surface area contributed by atoms with Gasteiger partial charge in [0.25, 0.3) is 5.91 Å². The van der Waals surface area contributed by atoms with E-state index in [0.717, 1.165) is 0 Å². The Hall–Kier alpha value is -3.61. The number of rotatable bonds is 6. The van der Waals surface area contributed by atoms with Crippen LogP contribution in [0.5, 0.6) is 11.5 Å². The first kappa shape index (κ1) is 21.1. The maximum absolute atomic E-state index is 13.0. The van der Waals surface area contributed by atoms with Crippen LogP contribution in [0.25, 0.3) is 0 Å². The number of esters is 1. The summed E-state index contributed by atoms with van der Waals surface area (Å²) in [6.07, 6.45) is 0. The molecule has 30 heavy (non-hydrogen) atoms. The quantitative estimate of drug-likeness (QED) is 0.577. The van der Waals surface area contributed by atoms with Crippen LogP contribution in [0, 0.1) is 5.92 Å². The first-order valence-electron chi connectivity index (χ1n) is 9.48. The van der Waals surface area contributed by atoms with E-state index < -0.39 is 29.6 Å². The second kappa shape index (κ2) is 8.41. The van der Waals surface area contributed by atoms with Gasteiger partial charge >= 0.3 is 5.97 Å². The smallest absolute Gasteiger partial charge is 0.308 e. The van der Waals surface area contributed by atoms with Crippen molar-refractivity contribution in [2.24, 2.45) is 5.92 Å². The van der Waals surface area contributed by atoms with E-state index >= 15 is 0 Å². The summed E-state index contributed by atoms with van der Waals surface area (Å²) in [4.78, 5) is 38.6. The molecule has 0 spiro atoms. The molecule has 0 aromatic heterocycles. The highest BCUT2D eigenvalue weighted by Crippen LogP contribution is 2.42. The third kappa shape index (κ3) is 3.91. The molecule has 1 aliphatic rings. The minimum Gasteiger partial charge on any atom is -0.503 e. The maximum atomic E-state index is 13.0. The fraction of sp³-hybridized carbons (Fsp3) is 0.261. The number of ketones is 1. The molecule has 0 radical (unpaired) electrons. The van der Waals surface area contributed by atoms with Gasteiger partial charge in [0.15, 0.2) is 11.5 Å². The van der Waals surface area contributed by atoms with E-state index in [1.54, 1.807) is 62.4 Å². The Labute approximate surface area is 174 Å². The monoisotopic (exact) mass is 409 g/mol. The van der Waals surface area contributed by atoms with Crippen LogP contribution >= 0.6 is 0 Å². The molecule has 3 rings (SSSR count). The fourth-order valence-electron chi connectivity index (χ4n) is 3.41. The van der Waals surface area contributed by atoms with E-state index in [1.807, 2.05) is 0 Å². The molecule has 0 saturated heterocycles. The van der Waals surface area contributed by atoms with Crippen LogP contribution in [-0.4, -0.2) is 29.9 Å². The molecule has 0 saturated carbocycles. The molecule has 0 bridgehead atoms. The van der Waals surface area contributed by atoms with Crippen LogP contribution in [0.4, 0.5) is 5.69 Å². The van der Waals surface area contributed by atoms with Crippen LogP contribution in [0.3, 0.4) is 0 Å². The number of hydrogen-bond donors (Lipinski definition) is 1. The van der Waals surface area contributed by atoms with E-state index in [-0.39, 0.29) is 17.1 Å². The molecule has 0 aliphatic carbocycles. The molecule has 156 valence electrons. The van der Waals surface area contributed by atoms with Gasteiger partial charge in [-0.3, -0.25) is 19.3 Å². The van der Waals surface area contributed by atoms with E-state index in [2.05, 4.69) is 0 Å². The second-order valence-electron chi connectivity index (χ2n) is 7.22. The van der Waals surface area contributed by atoms with Crippen molar-refractivity contribution >= 4 is 23.3 Å². The summed E-state index contributed by atoms with van der Waals surface area (Å²) in [6.45, 7) is 4.69. The predicted molar refractivity (Wildman–Crippen MR) is 110 cm³/mol. The number of aliphatic hydroxyl groups excluding tert-OH is 1. The van der Waals surface area contributed by atoms with Crippen molar-refractivity contribution in [3.8, 4) is 11.5 Å². The van der Waals surface area contributed by atoms with Crippen molar-refractivity contribution < 1.29 is 29.0 Å². The zero-order chi connectivity index (χ0) is 22.0. The molecule has 1 heterocycles. The second-order valence-corrected chi connectivity index (χ2v) is 7.22. The van der Waals surface area contributed by atoms with Crippen molar-refractivity contribution in [2.45, 2.75) is 26.8 Å². The van der Waals surface area contributed by atoms with Gasteiger partial charge in [0.1, 0.15) is 11.5 Å². The molecule has 2 aromatic rings. The normalized spacial score (nSPS) is 16.2. The molecule has 1 N–H and O–H groups in total. The highest BCUT2D eigenvalue weighted by Gasteiger charge is 2.44. The Morgan fingerprint density at radius 2 is 1.73 bits per heavy atom. The zero-order valence-electron chi connectivity index (χ0n) is 17.2. The maximum Gasteiger partial charge on any atom is 0.308 e. The van der Waals surface area contributed by atoms with Crippen molar-refractivity contribution in [1.29, 1.82) is 0 Å². The molecule has 7 nitrogen and oxygen atoms in total. The Morgan fingerprint density at radius 1 is 1.07 bits per heavy atom. The minimum atomic E-state index is -0.865. The van der Waals surface area contributed by atoms with E-state index in [9.17, 15) is 19.5 Å². The lowest BCUT2D eigenvalue weighted by atomic mass is 9.91. The summed E-state index contributed by atoms with van der Waals surface area (Å²) in [5.74, 6) is -1.61. The molecule has 0 fully saturated rings. The van der Waals surface area contributed by atoms with Gasteiger partial charge < -0.3 is 14.6 Å². The van der Waals surface area contributed by atoms with Crippen molar-refractivity contribution in [1.82, 2.24) is 0 Å². The Morgan fingerprint density at radius 3 is 2.30 bits per heavy atom.